The highest BCUT2D eigenvalue weighted by molar-refractivity contribution is 5.85. The maximum Gasteiger partial charge on any atom is 0.163 e. The predicted octanol–water partition coefficient (Wildman–Crippen LogP) is 2.96. The highest BCUT2D eigenvalue weighted by Crippen LogP contribution is 2.32. The molecular weight excluding hydrogens is 362 g/mol. The van der Waals surface area contributed by atoms with E-state index in [-0.39, 0.29) is 5.75 Å². The lowest BCUT2D eigenvalue weighted by Crippen LogP contribution is -2.13. The third kappa shape index (κ3) is 6.53. The van der Waals surface area contributed by atoms with Gasteiger partial charge in [-0.2, -0.15) is 0 Å². The van der Waals surface area contributed by atoms with E-state index in [0.29, 0.717) is 75.6 Å². The molecule has 0 radical (unpaired) electrons. The molecule has 0 unspecified atom stereocenters. The first-order valence-electron chi connectivity index (χ1n) is 9.28. The molecule has 2 aromatic carbocycles. The van der Waals surface area contributed by atoms with Gasteiger partial charge in [-0.1, -0.05) is 12.1 Å². The van der Waals surface area contributed by atoms with Gasteiger partial charge < -0.3 is 28.8 Å². The summed E-state index contributed by atoms with van der Waals surface area (Å²) in [4.78, 5) is 4.42. The van der Waals surface area contributed by atoms with Gasteiger partial charge in [-0.15, -0.1) is 0 Å². The first kappa shape index (κ1) is 20.1. The van der Waals surface area contributed by atoms with Crippen molar-refractivity contribution in [1.82, 2.24) is 0 Å². The van der Waals surface area contributed by atoms with Crippen molar-refractivity contribution in [2.24, 2.45) is 4.99 Å². The van der Waals surface area contributed by atoms with Gasteiger partial charge in [0, 0.05) is 17.8 Å². The van der Waals surface area contributed by atoms with Gasteiger partial charge >= 0.3 is 0 Å². The fourth-order valence-electron chi connectivity index (χ4n) is 2.51. The molecule has 0 amide bonds. The topological polar surface area (TPSA) is 78.7 Å². The molecule has 0 saturated heterocycles. The number of nitrogens with zero attached hydrogens (tertiary/aromatic N) is 1. The molecule has 0 aliphatic carbocycles. The average Bonchev–Trinajstić information content (AvgIpc) is 2.72. The fourth-order valence-corrected chi connectivity index (χ4v) is 2.51. The van der Waals surface area contributed by atoms with Gasteiger partial charge in [-0.05, 0) is 24.3 Å². The molecule has 7 nitrogen and oxygen atoms in total. The maximum absolute atomic E-state index is 9.85. The van der Waals surface area contributed by atoms with Crippen LogP contribution in [0.25, 0.3) is 0 Å². The van der Waals surface area contributed by atoms with Crippen molar-refractivity contribution < 1.29 is 28.8 Å². The zero-order valence-electron chi connectivity index (χ0n) is 15.7. The number of para-hydroxylation sites is 1. The number of hydrogen-bond donors (Lipinski definition) is 1. The van der Waals surface area contributed by atoms with E-state index < -0.39 is 0 Å². The third-order valence-corrected chi connectivity index (χ3v) is 3.93. The van der Waals surface area contributed by atoms with Crippen LogP contribution in [0, 0.1) is 0 Å². The minimum absolute atomic E-state index is 0.182. The number of rotatable bonds is 2. The molecule has 0 aromatic heterocycles. The molecule has 0 spiro atoms. The van der Waals surface area contributed by atoms with Gasteiger partial charge in [0.05, 0.1) is 45.3 Å². The summed E-state index contributed by atoms with van der Waals surface area (Å²) >= 11 is 0. The summed E-state index contributed by atoms with van der Waals surface area (Å²) in [5.41, 5.74) is 1.33. The Morgan fingerprint density at radius 1 is 0.714 bits per heavy atom. The second kappa shape index (κ2) is 11.3. The lowest BCUT2D eigenvalue weighted by Gasteiger charge is -2.13. The Morgan fingerprint density at radius 2 is 1.32 bits per heavy atom. The van der Waals surface area contributed by atoms with Crippen molar-refractivity contribution in [1.29, 1.82) is 0 Å². The van der Waals surface area contributed by atoms with Crippen LogP contribution in [0.4, 0.5) is 5.69 Å². The molecule has 1 N–H and O–H groups in total. The molecule has 0 saturated carbocycles. The first-order chi connectivity index (χ1) is 13.8. The Labute approximate surface area is 164 Å². The Morgan fingerprint density at radius 3 is 2.00 bits per heavy atom. The number of hydrogen-bond acceptors (Lipinski definition) is 7. The van der Waals surface area contributed by atoms with E-state index in [1.807, 2.05) is 18.2 Å². The molecule has 1 aliphatic heterocycles. The number of ether oxygens (including phenoxy) is 5. The molecule has 2 aromatic rings. The van der Waals surface area contributed by atoms with Crippen molar-refractivity contribution in [3.05, 3.63) is 48.0 Å². The SMILES string of the molecule is Oc1ccccc1C=Nc1ccc2c(c1)OCCOCCOCCOCCO2. The van der Waals surface area contributed by atoms with Crippen molar-refractivity contribution in [2.45, 2.75) is 0 Å². The Kier molecular flexibility index (Phi) is 8.11. The van der Waals surface area contributed by atoms with Crippen molar-refractivity contribution in [3.8, 4) is 17.2 Å². The molecule has 3 rings (SSSR count). The monoisotopic (exact) mass is 387 g/mol. The Bertz CT molecular complexity index is 764. The second-order valence-electron chi connectivity index (χ2n) is 5.98. The normalized spacial score (nSPS) is 17.0. The number of fused-ring (bicyclic) bond motifs is 1. The van der Waals surface area contributed by atoms with Crippen LogP contribution in [0.3, 0.4) is 0 Å². The van der Waals surface area contributed by atoms with Crippen LogP contribution in [-0.4, -0.2) is 64.2 Å². The summed E-state index contributed by atoms with van der Waals surface area (Å²) < 4.78 is 27.9. The quantitative estimate of drug-likeness (QED) is 0.799. The predicted molar refractivity (Wildman–Crippen MR) is 105 cm³/mol. The highest BCUT2D eigenvalue weighted by Gasteiger charge is 2.08. The minimum atomic E-state index is 0.182. The fraction of sp³-hybridized carbons (Fsp3) is 0.381. The largest absolute Gasteiger partial charge is 0.507 e. The Balaban J connectivity index is 1.70. The standard InChI is InChI=1S/C21H25NO6/c23-19-4-2-1-3-17(19)16-22-18-5-6-20-21(15-18)28-14-12-26-10-8-24-7-9-25-11-13-27-20/h1-6,15-16,23H,7-14H2. The van der Waals surface area contributed by atoms with E-state index in [1.54, 1.807) is 30.5 Å². The van der Waals surface area contributed by atoms with E-state index in [1.165, 1.54) is 0 Å². The molecular formula is C21H25NO6. The molecule has 1 aliphatic rings. The van der Waals surface area contributed by atoms with E-state index in [0.717, 1.165) is 0 Å². The van der Waals surface area contributed by atoms with E-state index in [4.69, 9.17) is 23.7 Å². The zero-order chi connectivity index (χ0) is 19.4. The number of phenols is 1. The summed E-state index contributed by atoms with van der Waals surface area (Å²) in [5.74, 6) is 1.39. The van der Waals surface area contributed by atoms with E-state index in [2.05, 4.69) is 4.99 Å². The van der Waals surface area contributed by atoms with Gasteiger partial charge in [-0.25, -0.2) is 0 Å². The highest BCUT2D eigenvalue weighted by atomic mass is 16.6. The molecule has 0 fully saturated rings. The first-order valence-corrected chi connectivity index (χ1v) is 9.28. The van der Waals surface area contributed by atoms with Gasteiger partial charge in [0.25, 0.3) is 0 Å². The lowest BCUT2D eigenvalue weighted by molar-refractivity contribution is 0.00708. The summed E-state index contributed by atoms with van der Waals surface area (Å²) in [6.45, 7) is 3.81. The molecule has 7 heteroatoms. The summed E-state index contributed by atoms with van der Waals surface area (Å²) in [6, 6.07) is 12.5. The van der Waals surface area contributed by atoms with Gasteiger partial charge in [0.2, 0.25) is 0 Å². The smallest absolute Gasteiger partial charge is 0.163 e. The average molecular weight is 387 g/mol. The molecule has 0 atom stereocenters. The number of aliphatic imine (C=N–C) groups is 1. The van der Waals surface area contributed by atoms with Crippen LogP contribution in [-0.2, 0) is 14.2 Å². The van der Waals surface area contributed by atoms with Gasteiger partial charge in [0.15, 0.2) is 11.5 Å². The number of benzene rings is 2. The van der Waals surface area contributed by atoms with Crippen molar-refractivity contribution in [3.63, 3.8) is 0 Å². The van der Waals surface area contributed by atoms with E-state index >= 15 is 0 Å². The molecule has 1 heterocycles. The lowest BCUT2D eigenvalue weighted by atomic mass is 10.2. The van der Waals surface area contributed by atoms with Crippen molar-refractivity contribution >= 4 is 11.9 Å². The summed E-state index contributed by atoms with van der Waals surface area (Å²) in [5, 5.41) is 9.85. The van der Waals surface area contributed by atoms with Gasteiger partial charge in [-0.3, -0.25) is 4.99 Å². The van der Waals surface area contributed by atoms with Crippen LogP contribution in [0.5, 0.6) is 17.2 Å². The van der Waals surface area contributed by atoms with Crippen LogP contribution >= 0.6 is 0 Å². The Hall–Kier alpha value is -2.61. The zero-order valence-corrected chi connectivity index (χ0v) is 15.7. The minimum Gasteiger partial charge on any atom is -0.507 e. The van der Waals surface area contributed by atoms with Crippen LogP contribution in [0.2, 0.25) is 0 Å². The summed E-state index contributed by atoms with van der Waals surface area (Å²) in [7, 11) is 0. The third-order valence-electron chi connectivity index (χ3n) is 3.93. The van der Waals surface area contributed by atoms with Crippen molar-refractivity contribution in [2.75, 3.05) is 52.9 Å². The van der Waals surface area contributed by atoms with Crippen LogP contribution in [0.1, 0.15) is 5.56 Å². The van der Waals surface area contributed by atoms with Crippen LogP contribution < -0.4 is 9.47 Å². The van der Waals surface area contributed by atoms with Crippen LogP contribution in [0.15, 0.2) is 47.5 Å². The van der Waals surface area contributed by atoms with Gasteiger partial charge in [0.1, 0.15) is 19.0 Å². The maximum atomic E-state index is 9.85. The molecule has 0 bridgehead atoms. The number of phenolic OH excluding ortho intramolecular Hbond substituents is 1. The summed E-state index contributed by atoms with van der Waals surface area (Å²) in [6.07, 6.45) is 1.61. The molecule has 28 heavy (non-hydrogen) atoms. The molecule has 150 valence electrons. The number of aromatic hydroxyl groups is 1. The van der Waals surface area contributed by atoms with E-state index in [9.17, 15) is 5.11 Å². The second-order valence-corrected chi connectivity index (χ2v) is 5.98.